The number of halogens is 1. The van der Waals surface area contributed by atoms with Crippen LogP contribution < -0.4 is 20.9 Å². The molecule has 0 radical (unpaired) electrons. The van der Waals surface area contributed by atoms with Crippen molar-refractivity contribution in [2.75, 3.05) is 11.9 Å². The zero-order chi connectivity index (χ0) is 19.1. The number of rotatable bonds is 5. The van der Waals surface area contributed by atoms with Crippen molar-refractivity contribution in [3.8, 4) is 5.75 Å². The second kappa shape index (κ2) is 9.40. The lowest BCUT2D eigenvalue weighted by molar-refractivity contribution is -0.123. The number of thiocarbonyl (C=S) groups is 1. The van der Waals surface area contributed by atoms with E-state index in [0.29, 0.717) is 21.8 Å². The van der Waals surface area contributed by atoms with Crippen LogP contribution in [0.3, 0.4) is 0 Å². The van der Waals surface area contributed by atoms with Crippen molar-refractivity contribution in [2.24, 2.45) is 0 Å². The van der Waals surface area contributed by atoms with E-state index in [1.54, 1.807) is 18.2 Å². The van der Waals surface area contributed by atoms with Gasteiger partial charge in [0.25, 0.3) is 5.91 Å². The molecule has 0 aliphatic heterocycles. The largest absolute Gasteiger partial charge is 0.483 e. The number of hydrogen-bond acceptors (Lipinski definition) is 3. The zero-order valence-electron chi connectivity index (χ0n) is 14.9. The Morgan fingerprint density at radius 3 is 2.46 bits per heavy atom. The molecule has 3 N–H and O–H groups in total. The van der Waals surface area contributed by atoms with E-state index in [1.165, 1.54) is 5.56 Å². The van der Waals surface area contributed by atoms with Gasteiger partial charge in [0.1, 0.15) is 5.75 Å². The summed E-state index contributed by atoms with van der Waals surface area (Å²) in [6, 6.07) is 13.2. The van der Waals surface area contributed by atoms with Crippen LogP contribution in [0.2, 0.25) is 5.02 Å². The average Bonchev–Trinajstić information content (AvgIpc) is 2.59. The van der Waals surface area contributed by atoms with Crippen LogP contribution in [0.1, 0.15) is 30.9 Å². The Morgan fingerprint density at radius 1 is 1.15 bits per heavy atom. The number of carbonyl (C=O) groups excluding carboxylic acids is 1. The van der Waals surface area contributed by atoms with E-state index in [1.807, 2.05) is 31.2 Å². The molecule has 0 heterocycles. The first-order valence-electron chi connectivity index (χ1n) is 8.20. The Kier molecular flexibility index (Phi) is 7.24. The maximum Gasteiger partial charge on any atom is 0.276 e. The van der Waals surface area contributed by atoms with Gasteiger partial charge in [-0.2, -0.15) is 0 Å². The van der Waals surface area contributed by atoms with Crippen molar-refractivity contribution in [1.82, 2.24) is 10.9 Å². The quantitative estimate of drug-likeness (QED) is 0.527. The third-order valence-electron chi connectivity index (χ3n) is 3.65. The van der Waals surface area contributed by atoms with E-state index < -0.39 is 0 Å². The minimum absolute atomic E-state index is 0.138. The van der Waals surface area contributed by atoms with E-state index in [0.717, 1.165) is 11.3 Å². The molecule has 7 heteroatoms. The summed E-state index contributed by atoms with van der Waals surface area (Å²) in [5.74, 6) is 0.729. The highest BCUT2D eigenvalue weighted by molar-refractivity contribution is 7.80. The van der Waals surface area contributed by atoms with Crippen LogP contribution in [0.25, 0.3) is 0 Å². The molecule has 0 spiro atoms. The summed E-state index contributed by atoms with van der Waals surface area (Å²) in [6.07, 6.45) is 0. The summed E-state index contributed by atoms with van der Waals surface area (Å²) < 4.78 is 5.47. The van der Waals surface area contributed by atoms with Crippen molar-refractivity contribution in [2.45, 2.75) is 26.7 Å². The molecule has 26 heavy (non-hydrogen) atoms. The van der Waals surface area contributed by atoms with Gasteiger partial charge in [-0.3, -0.25) is 15.6 Å². The predicted molar refractivity (Wildman–Crippen MR) is 110 cm³/mol. The molecule has 138 valence electrons. The standard InChI is InChI=1S/C19H22ClN3O2S/c1-12(2)14-4-7-16(8-5-14)21-19(26)23-22-18(24)11-25-17-9-6-15(20)10-13(17)3/h4-10,12H,11H2,1-3H3,(H,22,24)(H2,21,23,26). The number of hydrogen-bond donors (Lipinski definition) is 3. The summed E-state index contributed by atoms with van der Waals surface area (Å²) in [5.41, 5.74) is 8.09. The first-order chi connectivity index (χ1) is 12.3. The summed E-state index contributed by atoms with van der Waals surface area (Å²) in [6.45, 7) is 6.00. The topological polar surface area (TPSA) is 62.4 Å². The minimum atomic E-state index is -0.348. The molecule has 0 aliphatic carbocycles. The molecular weight excluding hydrogens is 370 g/mol. The molecule has 2 aromatic carbocycles. The molecule has 0 saturated heterocycles. The molecule has 1 amide bonds. The van der Waals surface area contributed by atoms with Gasteiger partial charge in [0.15, 0.2) is 11.7 Å². The van der Waals surface area contributed by atoms with Gasteiger partial charge in [0.05, 0.1) is 0 Å². The first-order valence-corrected chi connectivity index (χ1v) is 8.98. The van der Waals surface area contributed by atoms with Gasteiger partial charge in [0.2, 0.25) is 0 Å². The van der Waals surface area contributed by atoms with Gasteiger partial charge in [-0.05, 0) is 66.5 Å². The molecule has 0 aromatic heterocycles. The third-order valence-corrected chi connectivity index (χ3v) is 4.09. The number of amides is 1. The Labute approximate surface area is 164 Å². The zero-order valence-corrected chi connectivity index (χ0v) is 16.5. The first kappa shape index (κ1) is 20.0. The molecule has 5 nitrogen and oxygen atoms in total. The number of ether oxygens (including phenoxy) is 1. The molecule has 0 saturated carbocycles. The molecule has 2 rings (SSSR count). The lowest BCUT2D eigenvalue weighted by Gasteiger charge is -2.13. The number of nitrogens with one attached hydrogen (secondary N) is 3. The van der Waals surface area contributed by atoms with Crippen LogP contribution in [-0.4, -0.2) is 17.6 Å². The van der Waals surface area contributed by atoms with Crippen molar-refractivity contribution in [3.05, 3.63) is 58.6 Å². The Morgan fingerprint density at radius 2 is 1.85 bits per heavy atom. The fourth-order valence-electron chi connectivity index (χ4n) is 2.19. The Hall–Kier alpha value is -2.31. The van der Waals surface area contributed by atoms with Gasteiger partial charge < -0.3 is 10.1 Å². The van der Waals surface area contributed by atoms with Crippen LogP contribution in [0.4, 0.5) is 5.69 Å². The monoisotopic (exact) mass is 391 g/mol. The SMILES string of the molecule is Cc1cc(Cl)ccc1OCC(=O)NNC(=S)Nc1ccc(C(C)C)cc1. The molecule has 0 aliphatic rings. The van der Waals surface area contributed by atoms with Crippen molar-refractivity contribution in [3.63, 3.8) is 0 Å². The van der Waals surface area contributed by atoms with E-state index in [-0.39, 0.29) is 12.5 Å². The smallest absolute Gasteiger partial charge is 0.276 e. The van der Waals surface area contributed by atoms with Crippen molar-refractivity contribution in [1.29, 1.82) is 0 Å². The Balaban J connectivity index is 1.75. The number of benzene rings is 2. The maximum atomic E-state index is 11.9. The van der Waals surface area contributed by atoms with Crippen LogP contribution in [0, 0.1) is 6.92 Å². The predicted octanol–water partition coefficient (Wildman–Crippen LogP) is 4.17. The minimum Gasteiger partial charge on any atom is -0.483 e. The van der Waals surface area contributed by atoms with Crippen LogP contribution in [-0.2, 0) is 4.79 Å². The van der Waals surface area contributed by atoms with Crippen LogP contribution >= 0.6 is 23.8 Å². The van der Waals surface area contributed by atoms with Gasteiger partial charge >= 0.3 is 0 Å². The summed E-state index contributed by atoms with van der Waals surface area (Å²) >= 11 is 11.0. The second-order valence-electron chi connectivity index (χ2n) is 6.10. The van der Waals surface area contributed by atoms with Gasteiger partial charge in [-0.15, -0.1) is 0 Å². The molecule has 0 unspecified atom stereocenters. The van der Waals surface area contributed by atoms with E-state index >= 15 is 0 Å². The number of hydrazine groups is 1. The lowest BCUT2D eigenvalue weighted by Crippen LogP contribution is -2.45. The van der Waals surface area contributed by atoms with Gasteiger partial charge in [0, 0.05) is 10.7 Å². The van der Waals surface area contributed by atoms with Crippen molar-refractivity contribution < 1.29 is 9.53 Å². The highest BCUT2D eigenvalue weighted by Gasteiger charge is 2.06. The van der Waals surface area contributed by atoms with E-state index in [4.69, 9.17) is 28.6 Å². The highest BCUT2D eigenvalue weighted by atomic mass is 35.5. The van der Waals surface area contributed by atoms with Gasteiger partial charge in [-0.1, -0.05) is 37.6 Å². The molecule has 0 fully saturated rings. The van der Waals surface area contributed by atoms with E-state index in [2.05, 4.69) is 30.0 Å². The van der Waals surface area contributed by atoms with Crippen LogP contribution in [0.15, 0.2) is 42.5 Å². The Bertz CT molecular complexity index is 779. The summed E-state index contributed by atoms with van der Waals surface area (Å²) in [7, 11) is 0. The average molecular weight is 392 g/mol. The summed E-state index contributed by atoms with van der Waals surface area (Å²) in [5, 5.41) is 3.92. The highest BCUT2D eigenvalue weighted by Crippen LogP contribution is 2.21. The van der Waals surface area contributed by atoms with Crippen molar-refractivity contribution >= 4 is 40.5 Å². The fraction of sp³-hybridized carbons (Fsp3) is 0.263. The third kappa shape index (κ3) is 6.20. The molecule has 2 aromatic rings. The molecule has 0 atom stereocenters. The normalized spacial score (nSPS) is 10.3. The molecular formula is C19H22ClN3O2S. The van der Waals surface area contributed by atoms with E-state index in [9.17, 15) is 4.79 Å². The second-order valence-corrected chi connectivity index (χ2v) is 6.95. The van der Waals surface area contributed by atoms with Crippen LogP contribution in [0.5, 0.6) is 5.75 Å². The summed E-state index contributed by atoms with van der Waals surface area (Å²) in [4.78, 5) is 11.9. The number of aryl methyl sites for hydroxylation is 1. The fourth-order valence-corrected chi connectivity index (χ4v) is 2.59. The lowest BCUT2D eigenvalue weighted by atomic mass is 10.0. The number of carbonyl (C=O) groups is 1. The molecule has 0 bridgehead atoms. The maximum absolute atomic E-state index is 11.9. The number of anilines is 1. The van der Waals surface area contributed by atoms with Gasteiger partial charge in [-0.25, -0.2) is 0 Å².